The molecule has 3 amide bonds. The molecule has 0 spiro atoms. The first-order valence-corrected chi connectivity index (χ1v) is 10.2. The van der Waals surface area contributed by atoms with E-state index in [4.69, 9.17) is 15.6 Å². The van der Waals surface area contributed by atoms with E-state index in [0.29, 0.717) is 18.8 Å². The molecule has 0 saturated heterocycles. The van der Waals surface area contributed by atoms with Crippen LogP contribution in [0.3, 0.4) is 0 Å². The minimum absolute atomic E-state index is 0.0693. The third kappa shape index (κ3) is 45.4. The summed E-state index contributed by atoms with van der Waals surface area (Å²) in [6, 6.07) is 0. The van der Waals surface area contributed by atoms with Gasteiger partial charge in [0.05, 0.1) is 19.0 Å². The van der Waals surface area contributed by atoms with Crippen molar-refractivity contribution in [2.24, 2.45) is 5.73 Å². The summed E-state index contributed by atoms with van der Waals surface area (Å²) in [6.07, 6.45) is 5.54. The van der Waals surface area contributed by atoms with Crippen molar-refractivity contribution in [3.63, 3.8) is 0 Å². The highest BCUT2D eigenvalue weighted by atomic mass is 32.2. The Morgan fingerprint density at radius 3 is 2.04 bits per heavy atom. The first-order chi connectivity index (χ1) is 13.0. The monoisotopic (exact) mass is 410 g/mol. The van der Waals surface area contributed by atoms with E-state index < -0.39 is 0 Å². The lowest BCUT2D eigenvalue weighted by atomic mass is 10.2. The third-order valence-electron chi connectivity index (χ3n) is 2.42. The second kappa shape index (κ2) is 35.3. The number of amides is 3. The Labute approximate surface area is 167 Å². The number of unbranched alkanes of at least 4 members (excludes halogenated alkanes) is 3. The van der Waals surface area contributed by atoms with Crippen molar-refractivity contribution in [1.29, 1.82) is 0 Å². The van der Waals surface area contributed by atoms with Crippen molar-refractivity contribution >= 4 is 36.5 Å². The van der Waals surface area contributed by atoms with E-state index in [1.54, 1.807) is 11.8 Å². The van der Waals surface area contributed by atoms with E-state index in [9.17, 15) is 14.4 Å². The zero-order valence-electron chi connectivity index (χ0n) is 17.1. The predicted molar refractivity (Wildman–Crippen MR) is 111 cm³/mol. The van der Waals surface area contributed by atoms with Crippen molar-refractivity contribution in [3.8, 4) is 0 Å². The van der Waals surface area contributed by atoms with E-state index in [1.807, 2.05) is 20.8 Å². The number of nitrogens with two attached hydrogens (primary N) is 1. The summed E-state index contributed by atoms with van der Waals surface area (Å²) in [5, 5.41) is 14.4. The van der Waals surface area contributed by atoms with Crippen molar-refractivity contribution in [2.45, 2.75) is 53.4 Å². The fourth-order valence-electron chi connectivity index (χ4n) is 1.30. The molecule has 0 fully saturated rings. The van der Waals surface area contributed by atoms with Crippen LogP contribution < -0.4 is 21.7 Å². The molecule has 0 atom stereocenters. The Hall–Kier alpha value is -1.81. The molecule has 0 aliphatic rings. The molecule has 0 unspecified atom stereocenters. The van der Waals surface area contributed by atoms with Crippen LogP contribution in [0.25, 0.3) is 0 Å². The van der Waals surface area contributed by atoms with E-state index in [-0.39, 0.29) is 31.4 Å². The molecule has 0 aromatic carbocycles. The minimum atomic E-state index is -0.250. The number of carbonyl (C=O) groups excluding carboxylic acids is 3. The first-order valence-electron chi connectivity index (χ1n) is 9.09. The standard InChI is InChI=1S/C10H20N2O2S.C4H10N2O.C2H6.CH2O2/c1-2-3-4-5-6-15-9-12-10(14)7-11-8-13;1-2-6-4(7)3-5;1-2;2-1-3/h8H,2-7,9H2,1H3,(H,11,13)(H,12,14);2-3,5H2,1H3,(H,6,7);1-2H3;1H,(H,2,3). The topological polar surface area (TPSA) is 151 Å². The number of hydrogen-bond donors (Lipinski definition) is 5. The molecule has 6 N–H and O–H groups in total. The van der Waals surface area contributed by atoms with Gasteiger partial charge in [-0.1, -0.05) is 40.0 Å². The molecule has 0 heterocycles. The van der Waals surface area contributed by atoms with Gasteiger partial charge < -0.3 is 26.8 Å². The lowest BCUT2D eigenvalue weighted by Gasteiger charge is -2.04. The number of carboxylic acid groups (broad SMARTS) is 1. The van der Waals surface area contributed by atoms with Crippen molar-refractivity contribution < 1.29 is 24.3 Å². The molecule has 0 aliphatic carbocycles. The molecule has 9 nitrogen and oxygen atoms in total. The second-order valence-corrected chi connectivity index (χ2v) is 5.58. The Morgan fingerprint density at radius 1 is 1.04 bits per heavy atom. The summed E-state index contributed by atoms with van der Waals surface area (Å²) in [7, 11) is 0. The van der Waals surface area contributed by atoms with Crippen LogP contribution in [0.15, 0.2) is 0 Å². The molecule has 0 bridgehead atoms. The summed E-state index contributed by atoms with van der Waals surface area (Å²) in [4.78, 5) is 39.4. The number of hydrogen-bond acceptors (Lipinski definition) is 6. The van der Waals surface area contributed by atoms with Gasteiger partial charge in [0.2, 0.25) is 18.2 Å². The molecule has 0 saturated carbocycles. The molecule has 162 valence electrons. The highest BCUT2D eigenvalue weighted by molar-refractivity contribution is 7.99. The van der Waals surface area contributed by atoms with Crippen LogP contribution in [0.1, 0.15) is 53.4 Å². The Balaban J connectivity index is -0.000000183. The second-order valence-electron chi connectivity index (χ2n) is 4.47. The van der Waals surface area contributed by atoms with E-state index in [0.717, 1.165) is 5.75 Å². The van der Waals surface area contributed by atoms with Crippen LogP contribution in [0, 0.1) is 0 Å². The average molecular weight is 411 g/mol. The average Bonchev–Trinajstić information content (AvgIpc) is 2.68. The number of nitrogens with one attached hydrogen (secondary N) is 3. The maximum atomic E-state index is 11.0. The van der Waals surface area contributed by atoms with Crippen molar-refractivity contribution in [1.82, 2.24) is 16.0 Å². The first kappa shape index (κ1) is 32.8. The van der Waals surface area contributed by atoms with Gasteiger partial charge >= 0.3 is 0 Å². The number of likely N-dealkylation sites (N-methyl/N-ethyl adjacent to an activating group) is 1. The quantitative estimate of drug-likeness (QED) is 0.182. The van der Waals surface area contributed by atoms with Gasteiger partial charge in [-0.3, -0.25) is 19.2 Å². The SMILES string of the molecule is CC.CCCCCCSCNC(=O)CNC=O.CCNC(=O)CN.O=CO. The number of thioether (sulfide) groups is 1. The normalized spacial score (nSPS) is 8.19. The van der Waals surface area contributed by atoms with Crippen LogP contribution in [-0.4, -0.2) is 61.1 Å². The lowest BCUT2D eigenvalue weighted by Crippen LogP contribution is -2.32. The maximum Gasteiger partial charge on any atom is 0.290 e. The number of rotatable bonds is 12. The lowest BCUT2D eigenvalue weighted by molar-refractivity contribution is -0.123. The fourth-order valence-corrected chi connectivity index (χ4v) is 2.12. The summed E-state index contributed by atoms with van der Waals surface area (Å²) in [5.41, 5.74) is 4.95. The maximum absolute atomic E-state index is 11.0. The van der Waals surface area contributed by atoms with E-state index in [1.165, 1.54) is 25.7 Å². The summed E-state index contributed by atoms with van der Waals surface area (Å²) >= 11 is 1.72. The minimum Gasteiger partial charge on any atom is -0.483 e. The van der Waals surface area contributed by atoms with Crippen molar-refractivity contribution in [2.75, 3.05) is 31.3 Å². The van der Waals surface area contributed by atoms with Crippen LogP contribution >= 0.6 is 11.8 Å². The van der Waals surface area contributed by atoms with Crippen LogP contribution in [0.2, 0.25) is 0 Å². The van der Waals surface area contributed by atoms with Crippen LogP contribution in [0.5, 0.6) is 0 Å². The predicted octanol–water partition coefficient (Wildman–Crippen LogP) is 0.928. The highest BCUT2D eigenvalue weighted by Crippen LogP contribution is 2.05. The van der Waals surface area contributed by atoms with Gasteiger partial charge in [0, 0.05) is 6.54 Å². The highest BCUT2D eigenvalue weighted by Gasteiger charge is 1.97. The summed E-state index contributed by atoms with van der Waals surface area (Å²) < 4.78 is 0. The number of carbonyl (C=O) groups is 4. The summed E-state index contributed by atoms with van der Waals surface area (Å²) in [5.74, 6) is 1.48. The van der Waals surface area contributed by atoms with E-state index >= 15 is 0 Å². The Bertz CT molecular complexity index is 334. The molecule has 27 heavy (non-hydrogen) atoms. The molecular formula is C17H38N4O5S. The van der Waals surface area contributed by atoms with Gasteiger partial charge in [0.1, 0.15) is 0 Å². The van der Waals surface area contributed by atoms with Gasteiger partial charge in [0.25, 0.3) is 6.47 Å². The Kier molecular flexibility index (Phi) is 42.9. The third-order valence-corrected chi connectivity index (χ3v) is 3.34. The molecule has 0 aromatic heterocycles. The molecule has 0 aromatic rings. The largest absolute Gasteiger partial charge is 0.483 e. The zero-order valence-corrected chi connectivity index (χ0v) is 17.9. The molecule has 10 heteroatoms. The van der Waals surface area contributed by atoms with Gasteiger partial charge in [-0.05, 0) is 19.1 Å². The van der Waals surface area contributed by atoms with E-state index in [2.05, 4.69) is 22.9 Å². The van der Waals surface area contributed by atoms with Crippen molar-refractivity contribution in [3.05, 3.63) is 0 Å². The van der Waals surface area contributed by atoms with Gasteiger partial charge in [-0.2, -0.15) is 0 Å². The van der Waals surface area contributed by atoms with Crippen LogP contribution in [0.4, 0.5) is 0 Å². The van der Waals surface area contributed by atoms with Gasteiger partial charge in [0.15, 0.2) is 0 Å². The smallest absolute Gasteiger partial charge is 0.290 e. The molecule has 0 rings (SSSR count). The fraction of sp³-hybridized carbons (Fsp3) is 0.765. The van der Waals surface area contributed by atoms with Crippen LogP contribution in [-0.2, 0) is 19.2 Å². The Morgan fingerprint density at radius 2 is 1.63 bits per heavy atom. The van der Waals surface area contributed by atoms with Gasteiger partial charge in [-0.15, -0.1) is 11.8 Å². The van der Waals surface area contributed by atoms with Gasteiger partial charge in [-0.25, -0.2) is 0 Å². The summed E-state index contributed by atoms with van der Waals surface area (Å²) in [6.45, 7) is 8.62. The molecule has 0 radical (unpaired) electrons. The molecular weight excluding hydrogens is 372 g/mol. The molecule has 0 aliphatic heterocycles. The zero-order chi connectivity index (χ0) is 21.8.